The van der Waals surface area contributed by atoms with E-state index in [4.69, 9.17) is 0 Å². The van der Waals surface area contributed by atoms with E-state index in [0.29, 0.717) is 0 Å². The number of benzene rings is 1. The second-order valence-corrected chi connectivity index (χ2v) is 3.77. The van der Waals surface area contributed by atoms with Gasteiger partial charge in [0.15, 0.2) is 0 Å². The summed E-state index contributed by atoms with van der Waals surface area (Å²) in [6.45, 7) is 8.99. The number of hydrogen-bond donors (Lipinski definition) is 0. The number of nitrogens with zero attached hydrogens (tertiary/aromatic N) is 1. The van der Waals surface area contributed by atoms with E-state index < -0.39 is 0 Å². The van der Waals surface area contributed by atoms with Crippen LogP contribution in [0.15, 0.2) is 24.3 Å². The summed E-state index contributed by atoms with van der Waals surface area (Å²) in [5.74, 6) is 0. The van der Waals surface area contributed by atoms with E-state index in [1.807, 2.05) is 0 Å². The van der Waals surface area contributed by atoms with E-state index >= 15 is 0 Å². The summed E-state index contributed by atoms with van der Waals surface area (Å²) < 4.78 is 0. The van der Waals surface area contributed by atoms with Crippen molar-refractivity contribution in [3.63, 3.8) is 0 Å². The minimum atomic E-state index is 0. The number of para-hydroxylation sites is 1. The zero-order valence-corrected chi connectivity index (χ0v) is 9.59. The van der Waals surface area contributed by atoms with Crippen molar-refractivity contribution in [1.29, 1.82) is 0 Å². The van der Waals surface area contributed by atoms with Crippen LogP contribution in [0.25, 0.3) is 0 Å². The molecule has 0 saturated carbocycles. The Morgan fingerprint density at radius 3 is 2.00 bits per heavy atom. The molecule has 0 radical (unpaired) electrons. The molecular formula is C13H22LiN. The van der Waals surface area contributed by atoms with Gasteiger partial charge >= 0.3 is 18.9 Å². The molecular weight excluding hydrogens is 177 g/mol. The molecule has 0 aromatic heterocycles. The van der Waals surface area contributed by atoms with Crippen molar-refractivity contribution >= 4 is 24.5 Å². The summed E-state index contributed by atoms with van der Waals surface area (Å²) in [6.07, 6.45) is 2.43. The first-order chi connectivity index (χ1) is 6.79. The molecule has 0 heterocycles. The van der Waals surface area contributed by atoms with Crippen LogP contribution in [0, 0.1) is 6.92 Å². The predicted molar refractivity (Wildman–Crippen MR) is 71.1 cm³/mol. The molecule has 0 unspecified atom stereocenters. The molecule has 1 aromatic carbocycles. The van der Waals surface area contributed by atoms with E-state index in [0.717, 1.165) is 0 Å². The molecule has 0 saturated heterocycles. The number of aryl methyl sites for hydroxylation is 1. The van der Waals surface area contributed by atoms with Gasteiger partial charge < -0.3 is 4.90 Å². The van der Waals surface area contributed by atoms with Crippen LogP contribution in [0.4, 0.5) is 5.69 Å². The summed E-state index contributed by atoms with van der Waals surface area (Å²) >= 11 is 0. The average Bonchev–Trinajstić information content (AvgIpc) is 2.18. The molecule has 0 aliphatic heterocycles. The van der Waals surface area contributed by atoms with Gasteiger partial charge in [0, 0.05) is 18.8 Å². The fraction of sp³-hybridized carbons (Fsp3) is 0.538. The van der Waals surface area contributed by atoms with Gasteiger partial charge in [0.25, 0.3) is 0 Å². The minimum absolute atomic E-state index is 0. The Hall–Kier alpha value is -0.383. The average molecular weight is 199 g/mol. The van der Waals surface area contributed by atoms with Crippen molar-refractivity contribution < 1.29 is 0 Å². The molecule has 0 bridgehead atoms. The zero-order valence-electron chi connectivity index (χ0n) is 9.59. The normalized spacial score (nSPS) is 9.53. The Morgan fingerprint density at radius 2 is 1.53 bits per heavy atom. The first kappa shape index (κ1) is 14.6. The second-order valence-electron chi connectivity index (χ2n) is 3.77. The third-order valence-electron chi connectivity index (χ3n) is 2.44. The van der Waals surface area contributed by atoms with Crippen LogP contribution in [-0.2, 0) is 0 Å². The molecule has 15 heavy (non-hydrogen) atoms. The van der Waals surface area contributed by atoms with Crippen LogP contribution >= 0.6 is 0 Å². The van der Waals surface area contributed by atoms with Gasteiger partial charge in [0.2, 0.25) is 0 Å². The van der Waals surface area contributed by atoms with Gasteiger partial charge in [0.1, 0.15) is 0 Å². The summed E-state index contributed by atoms with van der Waals surface area (Å²) in [5, 5.41) is 0. The molecule has 0 amide bonds. The van der Waals surface area contributed by atoms with E-state index in [1.165, 1.54) is 37.2 Å². The van der Waals surface area contributed by atoms with Gasteiger partial charge in [-0.05, 0) is 31.4 Å². The standard InChI is InChI=1S/C13H21N.Li.H/c1-4-10-14(11-5-2)13-9-7-6-8-12(13)3;;/h6-9H,4-5,10-11H2,1-3H3;;. The summed E-state index contributed by atoms with van der Waals surface area (Å²) in [5.41, 5.74) is 2.78. The van der Waals surface area contributed by atoms with Gasteiger partial charge in [-0.1, -0.05) is 32.0 Å². The Kier molecular flexibility index (Phi) is 7.65. The number of rotatable bonds is 5. The fourth-order valence-electron chi connectivity index (χ4n) is 1.81. The van der Waals surface area contributed by atoms with E-state index in [9.17, 15) is 0 Å². The van der Waals surface area contributed by atoms with Crippen molar-refractivity contribution in [2.24, 2.45) is 0 Å². The molecule has 1 nitrogen and oxygen atoms in total. The fourth-order valence-corrected chi connectivity index (χ4v) is 1.81. The van der Waals surface area contributed by atoms with Gasteiger partial charge in [-0.3, -0.25) is 0 Å². The molecule has 0 N–H and O–H groups in total. The molecule has 1 rings (SSSR count). The maximum atomic E-state index is 2.48. The monoisotopic (exact) mass is 199 g/mol. The van der Waals surface area contributed by atoms with Crippen molar-refractivity contribution in [3.8, 4) is 0 Å². The first-order valence-electron chi connectivity index (χ1n) is 5.60. The van der Waals surface area contributed by atoms with Crippen LogP contribution in [0.1, 0.15) is 32.3 Å². The molecule has 0 fully saturated rings. The van der Waals surface area contributed by atoms with Crippen LogP contribution in [0.3, 0.4) is 0 Å². The van der Waals surface area contributed by atoms with Gasteiger partial charge in [-0.2, -0.15) is 0 Å². The Bertz CT molecular complexity index is 267. The predicted octanol–water partition coefficient (Wildman–Crippen LogP) is 2.97. The Balaban J connectivity index is 0.00000196. The maximum absolute atomic E-state index is 2.48. The van der Waals surface area contributed by atoms with E-state index in [2.05, 4.69) is 49.9 Å². The van der Waals surface area contributed by atoms with E-state index in [-0.39, 0.29) is 18.9 Å². The van der Waals surface area contributed by atoms with Crippen molar-refractivity contribution in [3.05, 3.63) is 29.8 Å². The van der Waals surface area contributed by atoms with Crippen LogP contribution in [0.5, 0.6) is 0 Å². The van der Waals surface area contributed by atoms with Gasteiger partial charge in [-0.15, -0.1) is 0 Å². The topological polar surface area (TPSA) is 3.24 Å². The molecule has 0 spiro atoms. The SMILES string of the molecule is CCCN(CCC)c1ccccc1C.[LiH]. The summed E-state index contributed by atoms with van der Waals surface area (Å²) in [4.78, 5) is 2.48. The van der Waals surface area contributed by atoms with Gasteiger partial charge in [0.05, 0.1) is 0 Å². The number of hydrogen-bond acceptors (Lipinski definition) is 1. The third-order valence-corrected chi connectivity index (χ3v) is 2.44. The third kappa shape index (κ3) is 4.32. The van der Waals surface area contributed by atoms with Crippen molar-refractivity contribution in [2.45, 2.75) is 33.6 Å². The van der Waals surface area contributed by atoms with Crippen molar-refractivity contribution in [2.75, 3.05) is 18.0 Å². The van der Waals surface area contributed by atoms with Crippen LogP contribution < -0.4 is 4.90 Å². The summed E-state index contributed by atoms with van der Waals surface area (Å²) in [7, 11) is 0. The molecule has 0 atom stereocenters. The molecule has 80 valence electrons. The van der Waals surface area contributed by atoms with Crippen LogP contribution in [0.2, 0.25) is 0 Å². The molecule has 0 aliphatic rings. The Labute approximate surface area is 106 Å². The number of anilines is 1. The zero-order chi connectivity index (χ0) is 10.4. The summed E-state index contributed by atoms with van der Waals surface area (Å²) in [6, 6.07) is 8.64. The van der Waals surface area contributed by atoms with Crippen LogP contribution in [-0.4, -0.2) is 32.0 Å². The molecule has 1 aromatic rings. The quantitative estimate of drug-likeness (QED) is 0.659. The second kappa shape index (κ2) is 7.85. The Morgan fingerprint density at radius 1 is 1.00 bits per heavy atom. The molecule has 2 heteroatoms. The van der Waals surface area contributed by atoms with E-state index in [1.54, 1.807) is 0 Å². The first-order valence-corrected chi connectivity index (χ1v) is 5.60. The van der Waals surface area contributed by atoms with Gasteiger partial charge in [-0.25, -0.2) is 0 Å². The molecule has 0 aliphatic carbocycles. The van der Waals surface area contributed by atoms with Crippen molar-refractivity contribution in [1.82, 2.24) is 0 Å².